The number of likely N-dealkylation sites (N-methyl/N-ethyl adjacent to an activating group) is 1. The zero-order chi connectivity index (χ0) is 19.7. The molecule has 152 valence electrons. The van der Waals surface area contributed by atoms with Gasteiger partial charge in [0.25, 0.3) is 0 Å². The molecule has 6 heteroatoms. The fourth-order valence-electron chi connectivity index (χ4n) is 4.82. The monoisotopic (exact) mass is 400 g/mol. The molecule has 2 aromatic rings. The Morgan fingerprint density at radius 3 is 2.79 bits per heavy atom. The summed E-state index contributed by atoms with van der Waals surface area (Å²) in [6.07, 6.45) is 10.6. The highest BCUT2D eigenvalue weighted by molar-refractivity contribution is 7.19. The van der Waals surface area contributed by atoms with Crippen LogP contribution in [0.5, 0.6) is 0 Å². The van der Waals surface area contributed by atoms with Crippen molar-refractivity contribution in [3.05, 3.63) is 16.8 Å². The summed E-state index contributed by atoms with van der Waals surface area (Å²) >= 11 is 1.85. The first-order chi connectivity index (χ1) is 13.5. The Kier molecular flexibility index (Phi) is 5.97. The number of carbonyl (C=O) groups excluding carboxylic acids is 1. The number of aromatic nitrogens is 2. The molecule has 1 saturated carbocycles. The lowest BCUT2D eigenvalue weighted by atomic mass is 9.90. The van der Waals surface area contributed by atoms with Crippen LogP contribution in [-0.4, -0.2) is 46.3 Å². The average Bonchev–Trinajstić information content (AvgIpc) is 3.22. The van der Waals surface area contributed by atoms with Gasteiger partial charge in [-0.2, -0.15) is 0 Å². The van der Waals surface area contributed by atoms with E-state index < -0.39 is 0 Å². The largest absolute Gasteiger partial charge is 0.367 e. The van der Waals surface area contributed by atoms with Crippen molar-refractivity contribution in [1.29, 1.82) is 0 Å². The summed E-state index contributed by atoms with van der Waals surface area (Å²) in [5, 5.41) is 5.01. The first-order valence-corrected chi connectivity index (χ1v) is 11.6. The highest BCUT2D eigenvalue weighted by Gasteiger charge is 2.27. The van der Waals surface area contributed by atoms with Crippen LogP contribution >= 0.6 is 11.3 Å². The minimum absolute atomic E-state index is 0.368. The van der Waals surface area contributed by atoms with Crippen LogP contribution in [0.3, 0.4) is 0 Å². The second-order valence-corrected chi connectivity index (χ2v) is 10.0. The molecule has 0 radical (unpaired) electrons. The summed E-state index contributed by atoms with van der Waals surface area (Å²) in [5.74, 6) is 1.85. The van der Waals surface area contributed by atoms with Gasteiger partial charge in [0.2, 0.25) is 0 Å². The number of carbonyl (C=O) groups is 1. The molecular weight excluding hydrogens is 368 g/mol. The number of ketones is 1. The lowest BCUT2D eigenvalue weighted by Gasteiger charge is -2.35. The third-order valence-electron chi connectivity index (χ3n) is 6.22. The lowest BCUT2D eigenvalue weighted by Crippen LogP contribution is -2.40. The van der Waals surface area contributed by atoms with Crippen molar-refractivity contribution >= 4 is 33.2 Å². The molecule has 4 rings (SSSR count). The first kappa shape index (κ1) is 19.8. The van der Waals surface area contributed by atoms with Crippen LogP contribution in [0.2, 0.25) is 0 Å². The Bertz CT molecular complexity index is 838. The van der Waals surface area contributed by atoms with Crippen LogP contribution in [0.4, 0.5) is 5.82 Å². The average molecular weight is 401 g/mol. The van der Waals surface area contributed by atoms with Gasteiger partial charge in [0.15, 0.2) is 0 Å². The minimum Gasteiger partial charge on any atom is -0.367 e. The van der Waals surface area contributed by atoms with Gasteiger partial charge in [0.05, 0.1) is 11.9 Å². The highest BCUT2D eigenvalue weighted by atomic mass is 32.1. The van der Waals surface area contributed by atoms with Gasteiger partial charge in [-0.3, -0.25) is 9.69 Å². The normalized spacial score (nSPS) is 22.2. The molecule has 0 aromatic carbocycles. The second kappa shape index (κ2) is 8.46. The highest BCUT2D eigenvalue weighted by Crippen LogP contribution is 2.39. The molecule has 2 aromatic heterocycles. The van der Waals surface area contributed by atoms with Gasteiger partial charge < -0.3 is 5.32 Å². The molecule has 0 saturated heterocycles. The number of aryl methyl sites for hydroxylation is 2. The van der Waals surface area contributed by atoms with Gasteiger partial charge in [0, 0.05) is 23.4 Å². The smallest absolute Gasteiger partial charge is 0.147 e. The Morgan fingerprint density at radius 2 is 2.04 bits per heavy atom. The number of anilines is 1. The Hall–Kier alpha value is -1.53. The lowest BCUT2D eigenvalue weighted by molar-refractivity contribution is -0.121. The van der Waals surface area contributed by atoms with Crippen molar-refractivity contribution in [3.63, 3.8) is 0 Å². The standard InChI is InChI=1S/C22H32N4OS/c1-14(2)11-17(27)12-26(3)16-9-7-15(8-10-16)25-21-20-18-5-4-6-19(18)28-22(20)24-13-23-21/h13-16H,4-12H2,1-3H3,(H,23,24,25). The van der Waals surface area contributed by atoms with Gasteiger partial charge in [-0.05, 0) is 63.5 Å². The first-order valence-electron chi connectivity index (χ1n) is 10.7. The van der Waals surface area contributed by atoms with E-state index in [-0.39, 0.29) is 0 Å². The molecule has 0 aliphatic heterocycles. The van der Waals surface area contributed by atoms with Crippen molar-refractivity contribution in [2.75, 3.05) is 18.9 Å². The minimum atomic E-state index is 0.368. The topological polar surface area (TPSA) is 58.1 Å². The molecule has 1 N–H and O–H groups in total. The predicted molar refractivity (Wildman–Crippen MR) is 116 cm³/mol. The van der Waals surface area contributed by atoms with Gasteiger partial charge in [-0.25, -0.2) is 9.97 Å². The molecule has 0 amide bonds. The summed E-state index contributed by atoms with van der Waals surface area (Å²) in [7, 11) is 2.11. The van der Waals surface area contributed by atoms with Crippen LogP contribution < -0.4 is 5.32 Å². The maximum atomic E-state index is 12.1. The zero-order valence-corrected chi connectivity index (χ0v) is 18.1. The van der Waals surface area contributed by atoms with E-state index in [0.29, 0.717) is 36.8 Å². The van der Waals surface area contributed by atoms with Gasteiger partial charge in [-0.15, -0.1) is 11.3 Å². The third-order valence-corrected chi connectivity index (χ3v) is 7.42. The van der Waals surface area contributed by atoms with Gasteiger partial charge >= 0.3 is 0 Å². The molecule has 0 atom stereocenters. The summed E-state index contributed by atoms with van der Waals surface area (Å²) in [4.78, 5) is 26.2. The SMILES string of the molecule is CC(C)CC(=O)CN(C)C1CCC(Nc2ncnc3sc4c(c23)CCC4)CC1. The maximum absolute atomic E-state index is 12.1. The number of fused-ring (bicyclic) bond motifs is 3. The zero-order valence-electron chi connectivity index (χ0n) is 17.3. The van der Waals surface area contributed by atoms with Crippen molar-refractivity contribution in [3.8, 4) is 0 Å². The fraction of sp³-hybridized carbons (Fsp3) is 0.682. The van der Waals surface area contributed by atoms with Crippen LogP contribution in [0, 0.1) is 5.92 Å². The predicted octanol–water partition coefficient (Wildman–Crippen LogP) is 4.45. The molecule has 2 aliphatic carbocycles. The molecule has 0 bridgehead atoms. The van der Waals surface area contributed by atoms with E-state index >= 15 is 0 Å². The number of hydrogen-bond donors (Lipinski definition) is 1. The fourth-order valence-corrected chi connectivity index (χ4v) is 6.05. The summed E-state index contributed by atoms with van der Waals surface area (Å²) < 4.78 is 0. The molecule has 2 aliphatic rings. The van der Waals surface area contributed by atoms with Crippen molar-refractivity contribution in [2.24, 2.45) is 5.92 Å². The van der Waals surface area contributed by atoms with Crippen molar-refractivity contribution < 1.29 is 4.79 Å². The van der Waals surface area contributed by atoms with Crippen LogP contribution in [0.15, 0.2) is 6.33 Å². The molecule has 0 spiro atoms. The molecule has 2 heterocycles. The molecule has 5 nitrogen and oxygen atoms in total. The summed E-state index contributed by atoms with van der Waals surface area (Å²) in [6, 6.07) is 0.982. The van der Waals surface area contributed by atoms with E-state index in [2.05, 4.69) is 41.1 Å². The van der Waals surface area contributed by atoms with Crippen LogP contribution in [0.1, 0.15) is 62.8 Å². The molecule has 28 heavy (non-hydrogen) atoms. The van der Waals surface area contributed by atoms with Crippen LogP contribution in [0.25, 0.3) is 10.2 Å². The van der Waals surface area contributed by atoms with Crippen LogP contribution in [-0.2, 0) is 17.6 Å². The Labute approximate surface area is 171 Å². The Balaban J connectivity index is 1.35. The van der Waals surface area contributed by atoms with Gasteiger partial charge in [-0.1, -0.05) is 13.8 Å². The number of nitrogens with zero attached hydrogens (tertiary/aromatic N) is 3. The number of Topliss-reactive ketones (excluding diaryl/α,β-unsaturated/α-hetero) is 1. The molecule has 1 fully saturated rings. The van der Waals surface area contributed by atoms with E-state index in [9.17, 15) is 4.79 Å². The molecular formula is C22H32N4OS. The number of thiophene rings is 1. The maximum Gasteiger partial charge on any atom is 0.147 e. The van der Waals surface area contributed by atoms with Gasteiger partial charge in [0.1, 0.15) is 22.8 Å². The van der Waals surface area contributed by atoms with Crippen molar-refractivity contribution in [2.45, 2.75) is 77.3 Å². The number of nitrogens with one attached hydrogen (secondary N) is 1. The summed E-state index contributed by atoms with van der Waals surface area (Å²) in [6.45, 7) is 4.82. The second-order valence-electron chi connectivity index (χ2n) is 8.96. The Morgan fingerprint density at radius 1 is 1.25 bits per heavy atom. The van der Waals surface area contributed by atoms with Crippen molar-refractivity contribution in [1.82, 2.24) is 14.9 Å². The third kappa shape index (κ3) is 4.23. The quantitative estimate of drug-likeness (QED) is 0.744. The van der Waals surface area contributed by atoms with E-state index in [1.165, 1.54) is 35.1 Å². The van der Waals surface area contributed by atoms with E-state index in [1.807, 2.05) is 11.3 Å². The molecule has 0 unspecified atom stereocenters. The number of hydrogen-bond acceptors (Lipinski definition) is 6. The van der Waals surface area contributed by atoms with E-state index in [0.717, 1.165) is 36.3 Å². The summed E-state index contributed by atoms with van der Waals surface area (Å²) in [5.41, 5.74) is 1.49. The van der Waals surface area contributed by atoms with E-state index in [1.54, 1.807) is 6.33 Å². The van der Waals surface area contributed by atoms with E-state index in [4.69, 9.17) is 0 Å². The number of rotatable bonds is 7.